The molecule has 0 fully saturated rings. The largest absolute Gasteiger partial charge is 0.361 e. The number of nitrogens with zero attached hydrogens (tertiary/aromatic N) is 1. The quantitative estimate of drug-likeness (QED) is 0.768. The molecule has 1 heterocycles. The Kier molecular flexibility index (Phi) is 3.38. The molecule has 2 heteroatoms. The number of nitrogens with one attached hydrogen (secondary N) is 1. The van der Waals surface area contributed by atoms with Crippen LogP contribution in [-0.2, 0) is 0 Å². The maximum absolute atomic E-state index is 3.53. The van der Waals surface area contributed by atoms with Gasteiger partial charge in [0.25, 0.3) is 0 Å². The van der Waals surface area contributed by atoms with Crippen LogP contribution >= 0.6 is 0 Å². The molecule has 0 saturated carbocycles. The van der Waals surface area contributed by atoms with Crippen LogP contribution in [0.2, 0.25) is 0 Å². The van der Waals surface area contributed by atoms with E-state index in [4.69, 9.17) is 0 Å². The standard InChI is InChI=1S/C14H23N2/c1-14(2,3)15-11-16-9-8-12-6-4-5-7-13(12)10-16/h7-9,15H,4-6,10-11H2,1-3H3. The van der Waals surface area contributed by atoms with Gasteiger partial charge in [0.1, 0.15) is 0 Å². The van der Waals surface area contributed by atoms with Gasteiger partial charge in [-0.15, -0.1) is 0 Å². The van der Waals surface area contributed by atoms with Crippen LogP contribution < -0.4 is 5.32 Å². The summed E-state index contributed by atoms with van der Waals surface area (Å²) in [4.78, 5) is 2.35. The van der Waals surface area contributed by atoms with Gasteiger partial charge in [-0.2, -0.15) is 0 Å². The zero-order valence-corrected chi connectivity index (χ0v) is 10.7. The first-order chi connectivity index (χ1) is 7.54. The highest BCUT2D eigenvalue weighted by Crippen LogP contribution is 2.28. The maximum atomic E-state index is 3.53. The molecule has 0 bridgehead atoms. The van der Waals surface area contributed by atoms with Crippen molar-refractivity contribution in [1.29, 1.82) is 0 Å². The van der Waals surface area contributed by atoms with Crippen molar-refractivity contribution >= 4 is 0 Å². The van der Waals surface area contributed by atoms with E-state index in [0.717, 1.165) is 13.2 Å². The fraction of sp³-hybridized carbons (Fsp3) is 0.643. The number of allylic oxidation sites excluding steroid dienone is 2. The zero-order chi connectivity index (χ0) is 11.6. The van der Waals surface area contributed by atoms with E-state index in [1.165, 1.54) is 19.3 Å². The van der Waals surface area contributed by atoms with Crippen LogP contribution in [0.1, 0.15) is 40.0 Å². The third kappa shape index (κ3) is 3.11. The summed E-state index contributed by atoms with van der Waals surface area (Å²) in [6.45, 7) is 8.63. The summed E-state index contributed by atoms with van der Waals surface area (Å²) in [5.41, 5.74) is 3.29. The molecule has 0 unspecified atom stereocenters. The van der Waals surface area contributed by atoms with Crippen LogP contribution in [0.5, 0.6) is 0 Å². The van der Waals surface area contributed by atoms with Crippen molar-refractivity contribution in [1.82, 2.24) is 10.2 Å². The molecule has 0 aromatic carbocycles. The molecule has 16 heavy (non-hydrogen) atoms. The highest BCUT2D eigenvalue weighted by atomic mass is 15.2. The zero-order valence-electron chi connectivity index (χ0n) is 10.7. The van der Waals surface area contributed by atoms with Gasteiger partial charge in [0.05, 0.1) is 6.67 Å². The second-order valence-corrected chi connectivity index (χ2v) is 5.79. The van der Waals surface area contributed by atoms with Crippen molar-refractivity contribution in [3.63, 3.8) is 0 Å². The van der Waals surface area contributed by atoms with E-state index in [9.17, 15) is 0 Å². The van der Waals surface area contributed by atoms with Crippen molar-refractivity contribution in [3.8, 4) is 0 Å². The van der Waals surface area contributed by atoms with E-state index in [0.29, 0.717) is 0 Å². The molecule has 1 aliphatic carbocycles. The molecule has 0 aromatic heterocycles. The molecule has 2 rings (SSSR count). The molecule has 0 aromatic rings. The smallest absolute Gasteiger partial charge is 0.0684 e. The summed E-state index contributed by atoms with van der Waals surface area (Å²) < 4.78 is 0. The first kappa shape index (κ1) is 11.7. The van der Waals surface area contributed by atoms with Gasteiger partial charge in [0.15, 0.2) is 0 Å². The van der Waals surface area contributed by atoms with Gasteiger partial charge in [-0.1, -0.05) is 0 Å². The minimum Gasteiger partial charge on any atom is -0.361 e. The maximum Gasteiger partial charge on any atom is 0.0684 e. The Bertz CT molecular complexity index is 307. The fourth-order valence-corrected chi connectivity index (χ4v) is 2.13. The molecule has 1 N–H and O–H groups in total. The molecule has 0 amide bonds. The van der Waals surface area contributed by atoms with Gasteiger partial charge >= 0.3 is 0 Å². The van der Waals surface area contributed by atoms with Gasteiger partial charge in [0.2, 0.25) is 0 Å². The second-order valence-electron chi connectivity index (χ2n) is 5.79. The molecule has 2 aliphatic rings. The number of hydrogen-bond donors (Lipinski definition) is 1. The normalized spacial score (nSPS) is 21.3. The van der Waals surface area contributed by atoms with Crippen LogP contribution in [0, 0.1) is 6.42 Å². The Labute approximate surface area is 99.4 Å². The van der Waals surface area contributed by atoms with E-state index in [1.807, 2.05) is 0 Å². The third-order valence-corrected chi connectivity index (χ3v) is 3.13. The number of rotatable bonds is 2. The van der Waals surface area contributed by atoms with Gasteiger partial charge in [-0.3, -0.25) is 5.32 Å². The van der Waals surface area contributed by atoms with Crippen molar-refractivity contribution in [3.05, 3.63) is 29.8 Å². The average Bonchev–Trinajstić information content (AvgIpc) is 2.25. The van der Waals surface area contributed by atoms with E-state index in [2.05, 4.69) is 49.7 Å². The first-order valence-electron chi connectivity index (χ1n) is 6.27. The lowest BCUT2D eigenvalue weighted by Crippen LogP contribution is -2.43. The minimum absolute atomic E-state index is 0.193. The molecular formula is C14H23N2. The average molecular weight is 219 g/mol. The van der Waals surface area contributed by atoms with Crippen LogP contribution in [0.3, 0.4) is 0 Å². The van der Waals surface area contributed by atoms with Gasteiger partial charge in [0, 0.05) is 18.3 Å². The molecular weight excluding hydrogens is 196 g/mol. The summed E-state index contributed by atoms with van der Waals surface area (Å²) in [5.74, 6) is 0. The monoisotopic (exact) mass is 219 g/mol. The van der Waals surface area contributed by atoms with Crippen molar-refractivity contribution in [2.45, 2.75) is 45.6 Å². The van der Waals surface area contributed by atoms with Crippen LogP contribution in [0.15, 0.2) is 23.4 Å². The minimum atomic E-state index is 0.193. The Balaban J connectivity index is 1.88. The van der Waals surface area contributed by atoms with E-state index < -0.39 is 0 Å². The SMILES string of the molecule is CC(C)(C)NCN1C=CC2=C([CH]CCC2)C1. The number of hydrogen-bond acceptors (Lipinski definition) is 2. The molecule has 0 saturated heterocycles. The summed E-state index contributed by atoms with van der Waals surface area (Å²) >= 11 is 0. The Morgan fingerprint density at radius 2 is 2.12 bits per heavy atom. The highest BCUT2D eigenvalue weighted by molar-refractivity contribution is 5.36. The van der Waals surface area contributed by atoms with E-state index >= 15 is 0 Å². The van der Waals surface area contributed by atoms with Crippen LogP contribution in [0.4, 0.5) is 0 Å². The van der Waals surface area contributed by atoms with Gasteiger partial charge < -0.3 is 4.90 Å². The lowest BCUT2D eigenvalue weighted by atomic mass is 9.90. The predicted octanol–water partition coefficient (Wildman–Crippen LogP) is 2.85. The molecule has 89 valence electrons. The molecule has 2 nitrogen and oxygen atoms in total. The third-order valence-electron chi connectivity index (χ3n) is 3.13. The molecule has 1 aliphatic heterocycles. The predicted molar refractivity (Wildman–Crippen MR) is 68.8 cm³/mol. The Morgan fingerprint density at radius 1 is 1.31 bits per heavy atom. The van der Waals surface area contributed by atoms with E-state index in [-0.39, 0.29) is 5.54 Å². The molecule has 0 atom stereocenters. The van der Waals surface area contributed by atoms with Crippen LogP contribution in [-0.4, -0.2) is 23.7 Å². The summed E-state index contributed by atoms with van der Waals surface area (Å²) in [6.07, 6.45) is 10.8. The second kappa shape index (κ2) is 4.62. The molecule has 1 radical (unpaired) electrons. The Morgan fingerprint density at radius 3 is 2.88 bits per heavy atom. The molecule has 0 spiro atoms. The van der Waals surface area contributed by atoms with Gasteiger partial charge in [-0.05, 0) is 63.7 Å². The lowest BCUT2D eigenvalue weighted by molar-refractivity contribution is 0.299. The van der Waals surface area contributed by atoms with Crippen molar-refractivity contribution in [2.75, 3.05) is 13.2 Å². The summed E-state index contributed by atoms with van der Waals surface area (Å²) in [5, 5.41) is 3.53. The Hall–Kier alpha value is -0.760. The van der Waals surface area contributed by atoms with Crippen LogP contribution in [0.25, 0.3) is 0 Å². The van der Waals surface area contributed by atoms with E-state index in [1.54, 1.807) is 11.1 Å². The summed E-state index contributed by atoms with van der Waals surface area (Å²) in [7, 11) is 0. The highest BCUT2D eigenvalue weighted by Gasteiger charge is 2.18. The lowest BCUT2D eigenvalue weighted by Gasteiger charge is -2.32. The topological polar surface area (TPSA) is 15.3 Å². The van der Waals surface area contributed by atoms with Crippen molar-refractivity contribution < 1.29 is 0 Å². The van der Waals surface area contributed by atoms with Gasteiger partial charge in [-0.25, -0.2) is 0 Å². The summed E-state index contributed by atoms with van der Waals surface area (Å²) in [6, 6.07) is 0. The van der Waals surface area contributed by atoms with Crippen molar-refractivity contribution in [2.24, 2.45) is 0 Å². The fourth-order valence-electron chi connectivity index (χ4n) is 2.13. The first-order valence-corrected chi connectivity index (χ1v) is 6.27.